The summed E-state index contributed by atoms with van der Waals surface area (Å²) in [5, 5.41) is 12.9. The van der Waals surface area contributed by atoms with Crippen molar-refractivity contribution < 1.29 is 9.64 Å². The minimum absolute atomic E-state index is 0.303. The number of aromatic nitrogens is 4. The van der Waals surface area contributed by atoms with E-state index in [0.29, 0.717) is 18.5 Å². The fraction of sp³-hybridized carbons (Fsp3) is 0.458. The molecule has 2 aromatic carbocycles. The molecule has 1 aromatic heterocycles. The zero-order valence-corrected chi connectivity index (χ0v) is 18.7. The lowest BCUT2D eigenvalue weighted by atomic mass is 10.0. The Morgan fingerprint density at radius 3 is 2.35 bits per heavy atom. The van der Waals surface area contributed by atoms with Crippen LogP contribution in [0.1, 0.15) is 37.7 Å². The number of hydrogen-bond acceptors (Lipinski definition) is 5. The van der Waals surface area contributed by atoms with Crippen molar-refractivity contribution in [1.29, 1.82) is 0 Å². The number of piperazine rings is 1. The highest BCUT2D eigenvalue weighted by Gasteiger charge is 2.33. The summed E-state index contributed by atoms with van der Waals surface area (Å²) in [6.07, 6.45) is 1.08. The van der Waals surface area contributed by atoms with E-state index in [1.165, 1.54) is 11.3 Å². The number of anilines is 1. The van der Waals surface area contributed by atoms with Crippen LogP contribution in [0.5, 0.6) is 5.75 Å². The van der Waals surface area contributed by atoms with Gasteiger partial charge in [-0.25, -0.2) is 4.68 Å². The average Bonchev–Trinajstić information content (AvgIpc) is 3.26. The van der Waals surface area contributed by atoms with Gasteiger partial charge < -0.3 is 14.5 Å². The molecular weight excluding hydrogens is 388 g/mol. The minimum atomic E-state index is 0.303. The molecule has 1 aliphatic rings. The largest absolute Gasteiger partial charge is 0.497 e. The van der Waals surface area contributed by atoms with Gasteiger partial charge in [0, 0.05) is 12.1 Å². The van der Waals surface area contributed by atoms with Crippen molar-refractivity contribution in [2.45, 2.75) is 32.9 Å². The molecular formula is C24H33N6O+. The first kappa shape index (κ1) is 21.3. The van der Waals surface area contributed by atoms with Gasteiger partial charge in [-0.1, -0.05) is 44.2 Å². The fourth-order valence-corrected chi connectivity index (χ4v) is 4.45. The molecule has 0 saturated carbocycles. The first-order chi connectivity index (χ1) is 15.1. The zero-order valence-electron chi connectivity index (χ0n) is 18.7. The minimum Gasteiger partial charge on any atom is -0.497 e. The van der Waals surface area contributed by atoms with Gasteiger partial charge in [-0.15, -0.1) is 5.10 Å². The highest BCUT2D eigenvalue weighted by Crippen LogP contribution is 2.21. The van der Waals surface area contributed by atoms with Crippen LogP contribution in [0.25, 0.3) is 0 Å². The second kappa shape index (κ2) is 9.92. The molecule has 0 radical (unpaired) electrons. The SMILES string of the molecule is COc1ccc(N2CC[NH+]([C@H](CC(C)C)c3nnnn3Cc3ccccc3)CC2)cc1. The molecule has 0 aliphatic carbocycles. The van der Waals surface area contributed by atoms with Crippen LogP contribution < -0.4 is 14.5 Å². The Hall–Kier alpha value is -2.93. The predicted octanol–water partition coefficient (Wildman–Crippen LogP) is 2.22. The Morgan fingerprint density at radius 2 is 1.71 bits per heavy atom. The molecule has 1 atom stereocenters. The Kier molecular flexibility index (Phi) is 6.82. The van der Waals surface area contributed by atoms with Crippen LogP contribution in [0.2, 0.25) is 0 Å². The second-order valence-corrected chi connectivity index (χ2v) is 8.71. The quantitative estimate of drug-likeness (QED) is 0.604. The van der Waals surface area contributed by atoms with Crippen molar-refractivity contribution in [1.82, 2.24) is 20.2 Å². The molecule has 31 heavy (non-hydrogen) atoms. The van der Waals surface area contributed by atoms with Crippen LogP contribution in [0.15, 0.2) is 54.6 Å². The predicted molar refractivity (Wildman–Crippen MR) is 121 cm³/mol. The van der Waals surface area contributed by atoms with Crippen LogP contribution >= 0.6 is 0 Å². The van der Waals surface area contributed by atoms with Crippen LogP contribution in [-0.2, 0) is 6.54 Å². The van der Waals surface area contributed by atoms with Crippen LogP contribution in [0, 0.1) is 5.92 Å². The molecule has 1 aliphatic heterocycles. The maximum Gasteiger partial charge on any atom is 0.209 e. The monoisotopic (exact) mass is 421 g/mol. The smallest absolute Gasteiger partial charge is 0.209 e. The van der Waals surface area contributed by atoms with Crippen LogP contribution in [-0.4, -0.2) is 53.5 Å². The third kappa shape index (κ3) is 5.22. The molecule has 1 fully saturated rings. The van der Waals surface area contributed by atoms with Crippen molar-refractivity contribution in [2.24, 2.45) is 5.92 Å². The number of nitrogens with zero attached hydrogens (tertiary/aromatic N) is 5. The summed E-state index contributed by atoms with van der Waals surface area (Å²) in [7, 11) is 1.71. The number of ether oxygens (including phenoxy) is 1. The Labute approximate surface area is 184 Å². The molecule has 164 valence electrons. The summed E-state index contributed by atoms with van der Waals surface area (Å²) < 4.78 is 7.28. The van der Waals surface area contributed by atoms with E-state index in [-0.39, 0.29) is 0 Å². The van der Waals surface area contributed by atoms with Crippen molar-refractivity contribution in [3.05, 3.63) is 66.0 Å². The molecule has 0 bridgehead atoms. The second-order valence-electron chi connectivity index (χ2n) is 8.71. The summed E-state index contributed by atoms with van der Waals surface area (Å²) in [6.45, 7) is 9.47. The van der Waals surface area contributed by atoms with Gasteiger partial charge >= 0.3 is 0 Å². The zero-order chi connectivity index (χ0) is 21.6. The standard InChI is InChI=1S/C24H32N6O/c1-19(2)17-23(24-25-26-27-30(24)18-20-7-5-4-6-8-20)29-15-13-28(14-16-29)21-9-11-22(31-3)12-10-21/h4-12,19,23H,13-18H2,1-3H3/p+1/t23-/m1/s1. The van der Waals surface area contributed by atoms with Crippen LogP contribution in [0.3, 0.4) is 0 Å². The van der Waals surface area contributed by atoms with Gasteiger partial charge in [-0.2, -0.15) is 0 Å². The third-order valence-corrected chi connectivity index (χ3v) is 6.09. The number of quaternary nitrogens is 1. The maximum absolute atomic E-state index is 5.29. The van der Waals surface area contributed by atoms with Gasteiger partial charge in [0.15, 0.2) is 0 Å². The molecule has 0 amide bonds. The summed E-state index contributed by atoms with van der Waals surface area (Å²) >= 11 is 0. The Bertz CT molecular complexity index is 932. The normalized spacial score (nSPS) is 15.9. The number of tetrazole rings is 1. The molecule has 4 rings (SSSR count). The highest BCUT2D eigenvalue weighted by atomic mass is 16.5. The van der Waals surface area contributed by atoms with Crippen molar-refractivity contribution in [2.75, 3.05) is 38.2 Å². The molecule has 1 N–H and O–H groups in total. The molecule has 0 spiro atoms. The van der Waals surface area contributed by atoms with Gasteiger partial charge in [0.25, 0.3) is 0 Å². The van der Waals surface area contributed by atoms with Gasteiger partial charge in [0.05, 0.1) is 39.8 Å². The molecule has 2 heterocycles. The summed E-state index contributed by atoms with van der Waals surface area (Å²) in [5.74, 6) is 2.49. The molecule has 7 heteroatoms. The molecule has 1 saturated heterocycles. The van der Waals surface area contributed by atoms with Crippen molar-refractivity contribution in [3.63, 3.8) is 0 Å². The van der Waals surface area contributed by atoms with E-state index in [1.54, 1.807) is 12.0 Å². The first-order valence-corrected chi connectivity index (χ1v) is 11.2. The number of hydrogen-bond donors (Lipinski definition) is 1. The van der Waals surface area contributed by atoms with Gasteiger partial charge in [0.1, 0.15) is 11.8 Å². The van der Waals surface area contributed by atoms with E-state index in [2.05, 4.69) is 70.7 Å². The number of benzene rings is 2. The maximum atomic E-state index is 5.29. The van der Waals surface area contributed by atoms with Crippen molar-refractivity contribution in [3.8, 4) is 5.75 Å². The van der Waals surface area contributed by atoms with E-state index in [4.69, 9.17) is 4.74 Å². The highest BCUT2D eigenvalue weighted by molar-refractivity contribution is 5.49. The van der Waals surface area contributed by atoms with E-state index >= 15 is 0 Å². The molecule has 7 nitrogen and oxygen atoms in total. The topological polar surface area (TPSA) is 60.5 Å². The summed E-state index contributed by atoms with van der Waals surface area (Å²) in [4.78, 5) is 4.03. The molecule has 0 unspecified atom stereocenters. The number of nitrogens with one attached hydrogen (secondary N) is 1. The van der Waals surface area contributed by atoms with Gasteiger partial charge in [-0.05, 0) is 46.2 Å². The average molecular weight is 422 g/mol. The van der Waals surface area contributed by atoms with E-state index in [0.717, 1.165) is 44.2 Å². The van der Waals surface area contributed by atoms with Gasteiger partial charge in [-0.3, -0.25) is 0 Å². The Balaban J connectivity index is 1.47. The first-order valence-electron chi connectivity index (χ1n) is 11.2. The Morgan fingerprint density at radius 1 is 1.00 bits per heavy atom. The van der Waals surface area contributed by atoms with E-state index in [9.17, 15) is 0 Å². The summed E-state index contributed by atoms with van der Waals surface area (Å²) in [6, 6.07) is 19.1. The lowest BCUT2D eigenvalue weighted by Crippen LogP contribution is -3.15. The molecule has 3 aromatic rings. The number of rotatable bonds is 8. The fourth-order valence-electron chi connectivity index (χ4n) is 4.45. The third-order valence-electron chi connectivity index (χ3n) is 6.09. The van der Waals surface area contributed by atoms with Crippen LogP contribution in [0.4, 0.5) is 5.69 Å². The van der Waals surface area contributed by atoms with E-state index in [1.807, 2.05) is 22.9 Å². The number of methoxy groups -OCH3 is 1. The van der Waals surface area contributed by atoms with Crippen molar-refractivity contribution >= 4 is 5.69 Å². The van der Waals surface area contributed by atoms with E-state index < -0.39 is 0 Å². The lowest BCUT2D eigenvalue weighted by molar-refractivity contribution is -0.934. The lowest BCUT2D eigenvalue weighted by Gasteiger charge is -2.37. The summed E-state index contributed by atoms with van der Waals surface area (Å²) in [5.41, 5.74) is 2.48. The van der Waals surface area contributed by atoms with Gasteiger partial charge in [0.2, 0.25) is 5.82 Å².